The van der Waals surface area contributed by atoms with Crippen LogP contribution in [0.25, 0.3) is 0 Å². The summed E-state index contributed by atoms with van der Waals surface area (Å²) >= 11 is 0. The van der Waals surface area contributed by atoms with Crippen LogP contribution in [0.4, 0.5) is 0 Å². The van der Waals surface area contributed by atoms with E-state index in [4.69, 9.17) is 4.74 Å². The molecule has 1 rings (SSSR count). The predicted molar refractivity (Wildman–Crippen MR) is 58.6 cm³/mol. The third kappa shape index (κ3) is 4.56. The van der Waals surface area contributed by atoms with Crippen molar-refractivity contribution in [3.8, 4) is 0 Å². The van der Waals surface area contributed by atoms with Crippen LogP contribution >= 0.6 is 0 Å². The minimum Gasteiger partial charge on any atom is -0.370 e. The topological polar surface area (TPSA) is 50.7 Å². The third-order valence-electron chi connectivity index (χ3n) is 2.46. The van der Waals surface area contributed by atoms with Gasteiger partial charge in [0.25, 0.3) is 0 Å². The van der Waals surface area contributed by atoms with Crippen LogP contribution in [0, 0.1) is 5.92 Å². The van der Waals surface area contributed by atoms with Gasteiger partial charge < -0.3 is 10.1 Å². The number of aliphatic imine (C=N–C) groups is 1. The standard InChI is InChI=1S/C11H20N2O2/c1-11(2,3)15-10(7-13-8-14)9-4-5-12-6-9/h9-10,12H,4-7H2,1-3H3. The second-order valence-electron chi connectivity index (χ2n) is 4.95. The zero-order valence-electron chi connectivity index (χ0n) is 9.75. The largest absolute Gasteiger partial charge is 0.370 e. The van der Waals surface area contributed by atoms with Crippen LogP contribution in [0.15, 0.2) is 4.99 Å². The Morgan fingerprint density at radius 1 is 1.60 bits per heavy atom. The van der Waals surface area contributed by atoms with Crippen molar-refractivity contribution < 1.29 is 9.53 Å². The average molecular weight is 212 g/mol. The third-order valence-corrected chi connectivity index (χ3v) is 2.46. The van der Waals surface area contributed by atoms with E-state index in [1.807, 2.05) is 20.8 Å². The molecule has 0 aliphatic carbocycles. The van der Waals surface area contributed by atoms with E-state index in [0.717, 1.165) is 19.5 Å². The summed E-state index contributed by atoms with van der Waals surface area (Å²) in [5.74, 6) is 0.460. The Bertz CT molecular complexity index is 235. The van der Waals surface area contributed by atoms with Crippen molar-refractivity contribution in [1.29, 1.82) is 0 Å². The Kier molecular flexibility index (Phi) is 4.45. The second-order valence-corrected chi connectivity index (χ2v) is 4.95. The van der Waals surface area contributed by atoms with Gasteiger partial charge in [-0.15, -0.1) is 0 Å². The first-order valence-electron chi connectivity index (χ1n) is 5.45. The lowest BCUT2D eigenvalue weighted by Gasteiger charge is -2.29. The summed E-state index contributed by atoms with van der Waals surface area (Å²) in [6, 6.07) is 0. The number of ether oxygens (including phenoxy) is 1. The number of hydrogen-bond acceptors (Lipinski definition) is 4. The smallest absolute Gasteiger partial charge is 0.235 e. The lowest BCUT2D eigenvalue weighted by molar-refractivity contribution is -0.0765. The molecule has 1 aliphatic heterocycles. The van der Waals surface area contributed by atoms with Crippen LogP contribution < -0.4 is 5.32 Å². The van der Waals surface area contributed by atoms with E-state index in [2.05, 4.69) is 10.3 Å². The molecular weight excluding hydrogens is 192 g/mol. The van der Waals surface area contributed by atoms with Crippen LogP contribution in [0.1, 0.15) is 27.2 Å². The van der Waals surface area contributed by atoms with Crippen molar-refractivity contribution in [3.05, 3.63) is 0 Å². The van der Waals surface area contributed by atoms with Gasteiger partial charge in [-0.3, -0.25) is 0 Å². The van der Waals surface area contributed by atoms with E-state index in [1.165, 1.54) is 0 Å². The molecule has 4 heteroatoms. The van der Waals surface area contributed by atoms with Crippen molar-refractivity contribution in [2.75, 3.05) is 19.6 Å². The van der Waals surface area contributed by atoms with E-state index in [1.54, 1.807) is 6.08 Å². The molecule has 1 fully saturated rings. The summed E-state index contributed by atoms with van der Waals surface area (Å²) in [6.45, 7) is 8.47. The normalized spacial score (nSPS) is 23.5. The Balaban J connectivity index is 2.55. The molecule has 86 valence electrons. The molecule has 0 aromatic heterocycles. The highest BCUT2D eigenvalue weighted by molar-refractivity contribution is 5.32. The molecule has 0 aromatic carbocycles. The maximum absolute atomic E-state index is 10.1. The highest BCUT2D eigenvalue weighted by Gasteiger charge is 2.28. The summed E-state index contributed by atoms with van der Waals surface area (Å²) in [7, 11) is 0. The molecule has 0 saturated carbocycles. The molecular formula is C11H20N2O2. The first kappa shape index (κ1) is 12.4. The van der Waals surface area contributed by atoms with Crippen LogP contribution in [-0.4, -0.2) is 37.4 Å². The van der Waals surface area contributed by atoms with Crippen LogP contribution in [0.2, 0.25) is 0 Å². The quantitative estimate of drug-likeness (QED) is 0.561. The van der Waals surface area contributed by atoms with Gasteiger partial charge in [-0.05, 0) is 33.7 Å². The van der Waals surface area contributed by atoms with Gasteiger partial charge in [0, 0.05) is 12.5 Å². The number of isocyanates is 1. The van der Waals surface area contributed by atoms with Gasteiger partial charge >= 0.3 is 0 Å². The number of nitrogens with zero attached hydrogens (tertiary/aromatic N) is 1. The van der Waals surface area contributed by atoms with Gasteiger partial charge in [-0.1, -0.05) is 0 Å². The second kappa shape index (κ2) is 5.40. The Hall–Kier alpha value is -0.700. The average Bonchev–Trinajstić information content (AvgIpc) is 2.63. The zero-order valence-corrected chi connectivity index (χ0v) is 9.75. The van der Waals surface area contributed by atoms with Crippen LogP contribution in [0.3, 0.4) is 0 Å². The summed E-state index contributed by atoms with van der Waals surface area (Å²) in [5.41, 5.74) is -0.189. The van der Waals surface area contributed by atoms with E-state index >= 15 is 0 Å². The highest BCUT2D eigenvalue weighted by Crippen LogP contribution is 2.21. The van der Waals surface area contributed by atoms with E-state index in [-0.39, 0.29) is 11.7 Å². The number of rotatable bonds is 4. The van der Waals surface area contributed by atoms with Gasteiger partial charge in [-0.2, -0.15) is 0 Å². The maximum atomic E-state index is 10.1. The Morgan fingerprint density at radius 3 is 2.80 bits per heavy atom. The molecule has 1 saturated heterocycles. The molecule has 15 heavy (non-hydrogen) atoms. The number of hydrogen-bond donors (Lipinski definition) is 1. The predicted octanol–water partition coefficient (Wildman–Crippen LogP) is 1.12. The molecule has 1 N–H and O–H groups in total. The van der Waals surface area contributed by atoms with E-state index in [9.17, 15) is 4.79 Å². The van der Waals surface area contributed by atoms with Crippen molar-refractivity contribution >= 4 is 6.08 Å². The first-order valence-corrected chi connectivity index (χ1v) is 5.45. The molecule has 1 aliphatic rings. The molecule has 0 spiro atoms. The van der Waals surface area contributed by atoms with Gasteiger partial charge in [0.1, 0.15) is 0 Å². The summed E-state index contributed by atoms with van der Waals surface area (Å²) in [4.78, 5) is 13.8. The first-order chi connectivity index (χ1) is 7.03. The van der Waals surface area contributed by atoms with E-state index in [0.29, 0.717) is 12.5 Å². The molecule has 1 heterocycles. The van der Waals surface area contributed by atoms with Crippen molar-refractivity contribution in [2.24, 2.45) is 10.9 Å². The fourth-order valence-electron chi connectivity index (χ4n) is 1.86. The van der Waals surface area contributed by atoms with Crippen molar-refractivity contribution in [2.45, 2.75) is 38.9 Å². The lowest BCUT2D eigenvalue weighted by Crippen LogP contribution is -2.36. The fourth-order valence-corrected chi connectivity index (χ4v) is 1.86. The zero-order chi connectivity index (χ0) is 11.3. The maximum Gasteiger partial charge on any atom is 0.235 e. The summed E-state index contributed by atoms with van der Waals surface area (Å²) < 4.78 is 5.91. The molecule has 2 unspecified atom stereocenters. The van der Waals surface area contributed by atoms with Crippen molar-refractivity contribution in [1.82, 2.24) is 5.32 Å². The van der Waals surface area contributed by atoms with Gasteiger partial charge in [-0.25, -0.2) is 9.79 Å². The molecule has 2 atom stereocenters. The number of carbonyl (C=O) groups excluding carboxylic acids is 1. The fraction of sp³-hybridized carbons (Fsp3) is 0.909. The van der Waals surface area contributed by atoms with Gasteiger partial charge in [0.05, 0.1) is 18.2 Å². The summed E-state index contributed by atoms with van der Waals surface area (Å²) in [6.07, 6.45) is 2.70. The molecule has 0 aromatic rings. The summed E-state index contributed by atoms with van der Waals surface area (Å²) in [5, 5.41) is 3.29. The highest BCUT2D eigenvalue weighted by atomic mass is 16.5. The molecule has 0 bridgehead atoms. The lowest BCUT2D eigenvalue weighted by atomic mass is 10.0. The Morgan fingerprint density at radius 2 is 2.33 bits per heavy atom. The molecule has 0 radical (unpaired) electrons. The minimum absolute atomic E-state index is 0.0291. The Labute approximate surface area is 91.1 Å². The minimum atomic E-state index is -0.189. The number of nitrogens with one attached hydrogen (secondary N) is 1. The van der Waals surface area contributed by atoms with E-state index < -0.39 is 0 Å². The van der Waals surface area contributed by atoms with Crippen LogP contribution in [0.5, 0.6) is 0 Å². The monoisotopic (exact) mass is 212 g/mol. The van der Waals surface area contributed by atoms with Gasteiger partial charge in [0.15, 0.2) is 0 Å². The van der Waals surface area contributed by atoms with Crippen molar-refractivity contribution in [3.63, 3.8) is 0 Å². The van der Waals surface area contributed by atoms with Crippen LogP contribution in [-0.2, 0) is 9.53 Å². The SMILES string of the molecule is CC(C)(C)OC(CN=C=O)C1CCNC1. The molecule has 4 nitrogen and oxygen atoms in total. The van der Waals surface area contributed by atoms with Gasteiger partial charge in [0.2, 0.25) is 6.08 Å². The molecule has 0 amide bonds.